The monoisotopic (exact) mass is 186 g/mol. The highest BCUT2D eigenvalue weighted by Crippen LogP contribution is 2.07. The maximum absolute atomic E-state index is 8.27. The van der Waals surface area contributed by atoms with Gasteiger partial charge in [-0.05, 0) is 19.4 Å². The lowest BCUT2D eigenvalue weighted by Crippen LogP contribution is -2.32. The van der Waals surface area contributed by atoms with Crippen LogP contribution in [-0.2, 0) is 0 Å². The van der Waals surface area contributed by atoms with E-state index in [9.17, 15) is 0 Å². The third kappa shape index (κ3) is 4.38. The van der Waals surface area contributed by atoms with Gasteiger partial charge in [0.05, 0.1) is 12.5 Å². The molecule has 1 heterocycles. The van der Waals surface area contributed by atoms with Crippen LogP contribution in [-0.4, -0.2) is 12.6 Å². The molecule has 1 atom stereocenters. The van der Waals surface area contributed by atoms with Gasteiger partial charge in [-0.1, -0.05) is 18.6 Å². The summed E-state index contributed by atoms with van der Waals surface area (Å²) in [6, 6.07) is 2.62. The minimum absolute atomic E-state index is 0. The first-order valence-electron chi connectivity index (χ1n) is 4.20. The molecule has 1 aliphatic rings. The summed E-state index contributed by atoms with van der Waals surface area (Å²) in [5, 5.41) is 11.7. The molecule has 0 spiro atoms. The molecular weight excluding hydrogens is 172 g/mol. The summed E-state index contributed by atoms with van der Waals surface area (Å²) < 4.78 is 0. The molecule has 0 saturated carbocycles. The lowest BCUT2D eigenvalue weighted by molar-refractivity contribution is 0.454. The quantitative estimate of drug-likeness (QED) is 0.670. The second-order valence-corrected chi connectivity index (χ2v) is 2.85. The molecule has 0 amide bonds. The first-order valence-corrected chi connectivity index (χ1v) is 4.20. The third-order valence-corrected chi connectivity index (χ3v) is 1.93. The largest absolute Gasteiger partial charge is 0.311 e. The van der Waals surface area contributed by atoms with Gasteiger partial charge < -0.3 is 5.32 Å². The first-order chi connectivity index (χ1) is 5.43. The second-order valence-electron chi connectivity index (χ2n) is 2.85. The Hall–Kier alpha value is -0.520. The van der Waals surface area contributed by atoms with Crippen LogP contribution in [0.5, 0.6) is 0 Å². The van der Waals surface area contributed by atoms with Crippen molar-refractivity contribution < 1.29 is 0 Å². The summed E-state index contributed by atoms with van der Waals surface area (Å²) >= 11 is 0. The Labute approximate surface area is 80.1 Å². The number of nitrogens with one attached hydrogen (secondary N) is 1. The van der Waals surface area contributed by atoms with Gasteiger partial charge in [-0.3, -0.25) is 0 Å². The second kappa shape index (κ2) is 7.15. The Balaban J connectivity index is 0.00000121. The molecule has 1 unspecified atom stereocenters. The zero-order chi connectivity index (χ0) is 7.94. The molecule has 68 valence electrons. The van der Waals surface area contributed by atoms with Gasteiger partial charge in [0.1, 0.15) is 0 Å². The highest BCUT2D eigenvalue weighted by atomic mass is 35.5. The van der Waals surface area contributed by atoms with Crippen molar-refractivity contribution in [2.75, 3.05) is 6.54 Å². The first kappa shape index (κ1) is 11.5. The maximum atomic E-state index is 8.27. The van der Waals surface area contributed by atoms with Crippen LogP contribution in [0.25, 0.3) is 0 Å². The van der Waals surface area contributed by atoms with E-state index in [1.807, 2.05) is 6.08 Å². The Morgan fingerprint density at radius 1 is 1.50 bits per heavy atom. The van der Waals surface area contributed by atoms with Gasteiger partial charge in [0, 0.05) is 6.04 Å². The smallest absolute Gasteiger partial charge is 0.0663 e. The molecule has 3 heteroatoms. The molecule has 12 heavy (non-hydrogen) atoms. The Bertz CT molecular complexity index is 166. The highest BCUT2D eigenvalue weighted by Gasteiger charge is 2.07. The van der Waals surface area contributed by atoms with Crippen molar-refractivity contribution >= 4 is 12.4 Å². The van der Waals surface area contributed by atoms with Crippen molar-refractivity contribution in [2.24, 2.45) is 0 Å². The molecule has 0 aliphatic carbocycles. The lowest BCUT2D eigenvalue weighted by atomic mass is 10.0. The van der Waals surface area contributed by atoms with Crippen LogP contribution in [0.1, 0.15) is 25.7 Å². The van der Waals surface area contributed by atoms with E-state index in [0.717, 1.165) is 6.54 Å². The molecule has 0 bridgehead atoms. The van der Waals surface area contributed by atoms with Gasteiger partial charge in [-0.2, -0.15) is 5.26 Å². The van der Waals surface area contributed by atoms with E-state index >= 15 is 0 Å². The lowest BCUT2D eigenvalue weighted by Gasteiger charge is -2.19. The highest BCUT2D eigenvalue weighted by molar-refractivity contribution is 5.85. The van der Waals surface area contributed by atoms with Gasteiger partial charge in [0.25, 0.3) is 0 Å². The van der Waals surface area contributed by atoms with Gasteiger partial charge in [0.15, 0.2) is 0 Å². The van der Waals surface area contributed by atoms with E-state index in [4.69, 9.17) is 5.26 Å². The van der Waals surface area contributed by atoms with Crippen LogP contribution in [0.15, 0.2) is 12.2 Å². The fraction of sp³-hybridized carbons (Fsp3) is 0.667. The number of nitrogens with zero attached hydrogens (tertiary/aromatic N) is 1. The van der Waals surface area contributed by atoms with Crippen LogP contribution >= 0.6 is 12.4 Å². The normalized spacial score (nSPS) is 23.1. The summed E-state index contributed by atoms with van der Waals surface area (Å²) in [4.78, 5) is 0. The number of piperidine rings is 1. The topological polar surface area (TPSA) is 35.8 Å². The zero-order valence-corrected chi connectivity index (χ0v) is 7.94. The van der Waals surface area contributed by atoms with Crippen molar-refractivity contribution in [3.05, 3.63) is 12.2 Å². The molecular formula is C9H15ClN2. The number of nitriles is 1. The summed E-state index contributed by atoms with van der Waals surface area (Å²) in [7, 11) is 0. The minimum Gasteiger partial charge on any atom is -0.311 e. The van der Waals surface area contributed by atoms with Crippen LogP contribution < -0.4 is 5.32 Å². The third-order valence-electron chi connectivity index (χ3n) is 1.93. The molecule has 1 aliphatic heterocycles. The summed E-state index contributed by atoms with van der Waals surface area (Å²) in [5.41, 5.74) is 0. The fourth-order valence-corrected chi connectivity index (χ4v) is 1.33. The summed E-state index contributed by atoms with van der Waals surface area (Å²) in [6.45, 7) is 1.13. The number of allylic oxidation sites excluding steroid dienone is 1. The molecule has 1 fully saturated rings. The van der Waals surface area contributed by atoms with E-state index in [1.165, 1.54) is 19.3 Å². The molecule has 2 nitrogen and oxygen atoms in total. The van der Waals surface area contributed by atoms with Crippen molar-refractivity contribution in [1.29, 1.82) is 5.26 Å². The number of halogens is 1. The van der Waals surface area contributed by atoms with Crippen LogP contribution in [0, 0.1) is 11.3 Å². The molecule has 0 radical (unpaired) electrons. The van der Waals surface area contributed by atoms with E-state index in [1.54, 1.807) is 0 Å². The number of hydrogen-bond acceptors (Lipinski definition) is 2. The van der Waals surface area contributed by atoms with Gasteiger partial charge in [-0.25, -0.2) is 0 Å². The minimum atomic E-state index is 0. The van der Waals surface area contributed by atoms with E-state index in [-0.39, 0.29) is 12.4 Å². The Morgan fingerprint density at radius 2 is 2.33 bits per heavy atom. The molecule has 0 aromatic heterocycles. The van der Waals surface area contributed by atoms with Crippen molar-refractivity contribution in [2.45, 2.75) is 31.7 Å². The van der Waals surface area contributed by atoms with Crippen molar-refractivity contribution in [3.63, 3.8) is 0 Å². The standard InChI is InChI=1S/C9H14N2.ClH/c10-7-3-1-5-9-6-2-4-8-11-9;/h1,5,9,11H,2-4,6,8H2;1H/b5-1+;. The van der Waals surface area contributed by atoms with E-state index in [0.29, 0.717) is 12.5 Å². The number of hydrogen-bond donors (Lipinski definition) is 1. The van der Waals surface area contributed by atoms with Crippen LogP contribution in [0.3, 0.4) is 0 Å². The van der Waals surface area contributed by atoms with Crippen LogP contribution in [0.4, 0.5) is 0 Å². The Kier molecular flexibility index (Phi) is 6.84. The predicted molar refractivity (Wildman–Crippen MR) is 52.3 cm³/mol. The molecule has 1 N–H and O–H groups in total. The van der Waals surface area contributed by atoms with Crippen molar-refractivity contribution in [1.82, 2.24) is 5.32 Å². The van der Waals surface area contributed by atoms with E-state index < -0.39 is 0 Å². The average Bonchev–Trinajstić information content (AvgIpc) is 2.07. The van der Waals surface area contributed by atoms with Crippen molar-refractivity contribution in [3.8, 4) is 6.07 Å². The molecule has 1 saturated heterocycles. The Morgan fingerprint density at radius 3 is 2.92 bits per heavy atom. The summed E-state index contributed by atoms with van der Waals surface area (Å²) in [5.74, 6) is 0. The molecule has 0 aromatic carbocycles. The predicted octanol–water partition coefficient (Wildman–Crippen LogP) is 2.02. The van der Waals surface area contributed by atoms with Gasteiger partial charge in [0.2, 0.25) is 0 Å². The van der Waals surface area contributed by atoms with Gasteiger partial charge in [-0.15, -0.1) is 12.4 Å². The maximum Gasteiger partial charge on any atom is 0.0663 e. The van der Waals surface area contributed by atoms with Crippen LogP contribution in [0.2, 0.25) is 0 Å². The number of rotatable bonds is 2. The fourth-order valence-electron chi connectivity index (χ4n) is 1.33. The molecule has 1 rings (SSSR count). The zero-order valence-electron chi connectivity index (χ0n) is 7.12. The van der Waals surface area contributed by atoms with E-state index in [2.05, 4.69) is 17.5 Å². The summed E-state index contributed by atoms with van der Waals surface area (Å²) in [6.07, 6.45) is 8.43. The molecule has 0 aromatic rings. The SMILES string of the molecule is Cl.N#CC/C=C/C1CCCCN1. The average molecular weight is 187 g/mol. The van der Waals surface area contributed by atoms with Gasteiger partial charge >= 0.3 is 0 Å².